The highest BCUT2D eigenvalue weighted by molar-refractivity contribution is 6.36. The van der Waals surface area contributed by atoms with E-state index in [-0.39, 0.29) is 28.4 Å². The van der Waals surface area contributed by atoms with Crippen LogP contribution in [0, 0.1) is 12.3 Å². The van der Waals surface area contributed by atoms with Crippen LogP contribution in [0.25, 0.3) is 5.69 Å². The lowest BCUT2D eigenvalue weighted by atomic mass is 9.95. The van der Waals surface area contributed by atoms with E-state index in [9.17, 15) is 14.4 Å². The first-order valence-corrected chi connectivity index (χ1v) is 13.5. The summed E-state index contributed by atoms with van der Waals surface area (Å²) < 4.78 is 14.3. The second kappa shape index (κ2) is 12.8. The Morgan fingerprint density at radius 3 is 2.33 bits per heavy atom. The Bertz CT molecular complexity index is 1570. The standard InChI is InChI=1S/C15H14Cl2N2O3.C12H20N4O2/c1-5-6-21-12-8-11(9(16)7-10(12)17)19-14(20)22-13(18-19)15(2,3)4;1-14(2)10-13-11(17)16(12(18)15(10)3)9-7-5-4-6-8-9/h1,7-8H,6H2,2-4H3;9H,4-8H2,1-3H3. The van der Waals surface area contributed by atoms with Gasteiger partial charge in [-0.05, 0) is 18.9 Å². The van der Waals surface area contributed by atoms with E-state index in [4.69, 9.17) is 38.8 Å². The van der Waals surface area contributed by atoms with Gasteiger partial charge in [-0.3, -0.25) is 4.57 Å². The molecule has 1 fully saturated rings. The molecule has 2 heterocycles. The van der Waals surface area contributed by atoms with E-state index in [1.807, 2.05) is 20.8 Å². The normalized spacial score (nSPS) is 13.8. The fourth-order valence-electron chi connectivity index (χ4n) is 4.24. The maximum Gasteiger partial charge on any atom is 0.442 e. The lowest BCUT2D eigenvalue weighted by molar-refractivity contribution is 0.326. The number of rotatable bonds is 5. The average Bonchev–Trinajstić information content (AvgIpc) is 3.28. The van der Waals surface area contributed by atoms with Gasteiger partial charge in [-0.1, -0.05) is 69.2 Å². The number of halogens is 2. The van der Waals surface area contributed by atoms with Crippen LogP contribution < -0.4 is 26.8 Å². The molecule has 0 amide bonds. The van der Waals surface area contributed by atoms with E-state index in [2.05, 4.69) is 16.0 Å². The molecule has 1 saturated carbocycles. The van der Waals surface area contributed by atoms with Gasteiger partial charge in [0.15, 0.2) is 0 Å². The Morgan fingerprint density at radius 1 is 1.12 bits per heavy atom. The molecule has 11 nitrogen and oxygen atoms in total. The van der Waals surface area contributed by atoms with Crippen LogP contribution in [0.1, 0.15) is 64.8 Å². The Morgan fingerprint density at radius 2 is 1.77 bits per heavy atom. The summed E-state index contributed by atoms with van der Waals surface area (Å²) in [4.78, 5) is 42.0. The van der Waals surface area contributed by atoms with Gasteiger partial charge in [-0.25, -0.2) is 19.0 Å². The number of ether oxygens (including phenoxy) is 1. The minimum atomic E-state index is -0.642. The van der Waals surface area contributed by atoms with Gasteiger partial charge in [0.25, 0.3) is 0 Å². The molecule has 1 aliphatic carbocycles. The molecular weight excluding hydrogens is 559 g/mol. The number of hydrogen-bond acceptors (Lipinski definition) is 8. The first-order valence-electron chi connectivity index (χ1n) is 12.8. The molecule has 0 spiro atoms. The van der Waals surface area contributed by atoms with Crippen molar-refractivity contribution in [2.24, 2.45) is 7.05 Å². The van der Waals surface area contributed by atoms with Gasteiger partial charge < -0.3 is 14.1 Å². The van der Waals surface area contributed by atoms with Gasteiger partial charge >= 0.3 is 17.1 Å². The van der Waals surface area contributed by atoms with Gasteiger partial charge in [0.2, 0.25) is 11.8 Å². The highest BCUT2D eigenvalue weighted by Gasteiger charge is 2.24. The molecule has 0 radical (unpaired) electrons. The van der Waals surface area contributed by atoms with Crippen LogP contribution in [0.5, 0.6) is 5.75 Å². The summed E-state index contributed by atoms with van der Waals surface area (Å²) in [7, 11) is 5.20. The van der Waals surface area contributed by atoms with Gasteiger partial charge in [-0.15, -0.1) is 11.5 Å². The van der Waals surface area contributed by atoms with Crippen LogP contribution in [-0.4, -0.2) is 44.6 Å². The molecule has 0 bridgehead atoms. The molecule has 0 unspecified atom stereocenters. The third-order valence-electron chi connectivity index (χ3n) is 6.26. The van der Waals surface area contributed by atoms with Crippen molar-refractivity contribution in [3.05, 3.63) is 59.6 Å². The first kappa shape index (κ1) is 31.0. The largest absolute Gasteiger partial charge is 0.479 e. The Hall–Kier alpha value is -3.49. The zero-order valence-corrected chi connectivity index (χ0v) is 25.0. The van der Waals surface area contributed by atoms with Gasteiger partial charge in [0.1, 0.15) is 12.4 Å². The summed E-state index contributed by atoms with van der Waals surface area (Å²) in [6.07, 6.45) is 10.3. The maximum atomic E-state index is 12.3. The maximum absolute atomic E-state index is 12.3. The summed E-state index contributed by atoms with van der Waals surface area (Å²) in [5.74, 6) is 2.71. The second-order valence-electron chi connectivity index (χ2n) is 10.7. The van der Waals surface area contributed by atoms with Crippen LogP contribution in [0.3, 0.4) is 0 Å². The fourth-order valence-corrected chi connectivity index (χ4v) is 4.76. The van der Waals surface area contributed by atoms with Crippen molar-refractivity contribution in [1.82, 2.24) is 23.9 Å². The lowest BCUT2D eigenvalue weighted by Gasteiger charge is -2.24. The van der Waals surface area contributed by atoms with E-state index < -0.39 is 16.9 Å². The number of hydrogen-bond donors (Lipinski definition) is 0. The number of aromatic nitrogens is 5. The van der Waals surface area contributed by atoms with Crippen LogP contribution in [0.4, 0.5) is 5.95 Å². The first-order chi connectivity index (χ1) is 18.8. The smallest absolute Gasteiger partial charge is 0.442 e. The molecular formula is C27H34Cl2N6O5. The molecule has 1 aromatic carbocycles. The van der Waals surface area contributed by atoms with Crippen molar-refractivity contribution in [3.8, 4) is 23.8 Å². The van der Waals surface area contributed by atoms with Crippen molar-refractivity contribution in [2.45, 2.75) is 64.3 Å². The molecule has 4 rings (SSSR count). The highest BCUT2D eigenvalue weighted by atomic mass is 35.5. The minimum absolute atomic E-state index is 0.0219. The zero-order chi connectivity index (χ0) is 29.8. The fraction of sp³-hybridized carbons (Fsp3) is 0.519. The SMILES string of the molecule is C#CCOc1cc(-n2nc(C(C)(C)C)oc2=O)c(Cl)cc1Cl.CN(C)c1nc(=O)n(C2CCCCC2)c(=O)n1C. The molecule has 3 aromatic rings. The second-order valence-corrected chi connectivity index (χ2v) is 11.5. The summed E-state index contributed by atoms with van der Waals surface area (Å²) >= 11 is 12.2. The van der Waals surface area contributed by atoms with Crippen molar-refractivity contribution in [1.29, 1.82) is 0 Å². The van der Waals surface area contributed by atoms with Gasteiger partial charge in [0.05, 0.1) is 15.7 Å². The molecule has 40 heavy (non-hydrogen) atoms. The van der Waals surface area contributed by atoms with Gasteiger partial charge in [-0.2, -0.15) is 9.67 Å². The predicted octanol–water partition coefficient (Wildman–Crippen LogP) is 3.96. The van der Waals surface area contributed by atoms with E-state index in [1.165, 1.54) is 27.7 Å². The molecule has 2 aromatic heterocycles. The topological polar surface area (TPSA) is 117 Å². The van der Waals surface area contributed by atoms with Crippen molar-refractivity contribution in [2.75, 3.05) is 25.6 Å². The van der Waals surface area contributed by atoms with Crippen molar-refractivity contribution in [3.63, 3.8) is 0 Å². The Labute approximate surface area is 242 Å². The lowest BCUT2D eigenvalue weighted by Crippen LogP contribution is -2.45. The van der Waals surface area contributed by atoms with E-state index in [1.54, 1.807) is 26.0 Å². The summed E-state index contributed by atoms with van der Waals surface area (Å²) in [6.45, 7) is 5.69. The average molecular weight is 594 g/mol. The highest BCUT2D eigenvalue weighted by Crippen LogP contribution is 2.33. The quantitative estimate of drug-likeness (QED) is 0.409. The predicted molar refractivity (Wildman–Crippen MR) is 155 cm³/mol. The van der Waals surface area contributed by atoms with Crippen LogP contribution in [0.15, 0.2) is 30.9 Å². The van der Waals surface area contributed by atoms with Crippen LogP contribution in [0.2, 0.25) is 10.0 Å². The number of benzene rings is 1. The number of terminal acetylenes is 1. The number of anilines is 1. The van der Waals surface area contributed by atoms with Crippen LogP contribution in [-0.2, 0) is 12.5 Å². The van der Waals surface area contributed by atoms with Crippen molar-refractivity contribution >= 4 is 29.2 Å². The molecule has 13 heteroatoms. The molecule has 0 aliphatic heterocycles. The Balaban J connectivity index is 0.000000225. The van der Waals surface area contributed by atoms with Gasteiger partial charge in [0, 0.05) is 38.7 Å². The molecule has 216 valence electrons. The third-order valence-corrected chi connectivity index (χ3v) is 6.86. The van der Waals surface area contributed by atoms with Crippen LogP contribution >= 0.6 is 23.2 Å². The number of nitrogens with zero attached hydrogens (tertiary/aromatic N) is 6. The molecule has 1 aliphatic rings. The van der Waals surface area contributed by atoms with E-state index in [0.29, 0.717) is 23.3 Å². The molecule has 0 N–H and O–H groups in total. The summed E-state index contributed by atoms with van der Waals surface area (Å²) in [5.41, 5.74) is -0.784. The summed E-state index contributed by atoms with van der Waals surface area (Å²) in [6, 6.07) is 2.98. The van der Waals surface area contributed by atoms with E-state index in [0.717, 1.165) is 30.4 Å². The molecule has 0 saturated heterocycles. The monoisotopic (exact) mass is 592 g/mol. The summed E-state index contributed by atoms with van der Waals surface area (Å²) in [5, 5.41) is 4.71. The zero-order valence-electron chi connectivity index (χ0n) is 23.5. The Kier molecular flexibility index (Phi) is 9.92. The molecule has 0 atom stereocenters. The van der Waals surface area contributed by atoms with Crippen molar-refractivity contribution < 1.29 is 9.15 Å². The van der Waals surface area contributed by atoms with E-state index >= 15 is 0 Å². The minimum Gasteiger partial charge on any atom is -0.479 e. The third kappa shape index (κ3) is 6.98.